The van der Waals surface area contributed by atoms with Crippen molar-refractivity contribution in [3.8, 4) is 0 Å². The van der Waals surface area contributed by atoms with Crippen LogP contribution >= 0.6 is 0 Å². The van der Waals surface area contributed by atoms with Crippen LogP contribution in [0, 0.1) is 5.92 Å². The number of nitrogens with one attached hydrogen (secondary N) is 1. The summed E-state index contributed by atoms with van der Waals surface area (Å²) in [7, 11) is 2.10. The zero-order valence-corrected chi connectivity index (χ0v) is 11.4. The van der Waals surface area contributed by atoms with Crippen LogP contribution < -0.4 is 16.0 Å². The predicted molar refractivity (Wildman–Crippen MR) is 76.1 cm³/mol. The van der Waals surface area contributed by atoms with E-state index in [1.807, 2.05) is 6.07 Å². The van der Waals surface area contributed by atoms with Crippen molar-refractivity contribution in [2.24, 2.45) is 11.7 Å². The quantitative estimate of drug-likeness (QED) is 0.835. The van der Waals surface area contributed by atoms with Crippen LogP contribution in [0.25, 0.3) is 0 Å². The summed E-state index contributed by atoms with van der Waals surface area (Å²) in [6, 6.07) is 5.91. The van der Waals surface area contributed by atoms with Crippen LogP contribution in [0.2, 0.25) is 0 Å². The van der Waals surface area contributed by atoms with Crippen molar-refractivity contribution in [3.63, 3.8) is 0 Å². The molecule has 1 aromatic carbocycles. The minimum absolute atomic E-state index is 0.285. The Morgan fingerprint density at radius 1 is 1.53 bits per heavy atom. The van der Waals surface area contributed by atoms with Crippen LogP contribution in [-0.4, -0.2) is 26.0 Å². The van der Waals surface area contributed by atoms with E-state index < -0.39 is 0 Å². The molecule has 1 heterocycles. The monoisotopic (exact) mass is 259 g/mol. The smallest absolute Gasteiger partial charge is 0.239 e. The Balaban J connectivity index is 1.79. The first kappa shape index (κ1) is 12.5. The van der Waals surface area contributed by atoms with Crippen LogP contribution in [0.3, 0.4) is 0 Å². The van der Waals surface area contributed by atoms with Gasteiger partial charge in [0.1, 0.15) is 6.04 Å². The third kappa shape index (κ3) is 2.59. The molecule has 0 spiro atoms. The van der Waals surface area contributed by atoms with Crippen molar-refractivity contribution in [2.75, 3.05) is 25.0 Å². The van der Waals surface area contributed by atoms with Crippen LogP contribution in [0.1, 0.15) is 30.0 Å². The van der Waals surface area contributed by atoms with Gasteiger partial charge in [-0.05, 0) is 48.9 Å². The number of nitrogens with two attached hydrogens (primary N) is 1. The van der Waals surface area contributed by atoms with E-state index in [9.17, 15) is 4.79 Å². The fourth-order valence-electron chi connectivity index (χ4n) is 2.76. The Bertz CT molecular complexity index is 496. The lowest BCUT2D eigenvalue weighted by Gasteiger charge is -2.18. The molecule has 4 heteroatoms. The predicted octanol–water partition coefficient (Wildman–Crippen LogP) is 1.20. The van der Waals surface area contributed by atoms with Gasteiger partial charge in [0.05, 0.1) is 0 Å². The maximum atomic E-state index is 11.6. The summed E-state index contributed by atoms with van der Waals surface area (Å²) in [4.78, 5) is 13.9. The van der Waals surface area contributed by atoms with Crippen molar-refractivity contribution in [1.82, 2.24) is 5.32 Å². The average molecular weight is 259 g/mol. The van der Waals surface area contributed by atoms with Gasteiger partial charge in [0.2, 0.25) is 5.91 Å². The molecule has 0 radical (unpaired) electrons. The highest BCUT2D eigenvalue weighted by Crippen LogP contribution is 2.31. The lowest BCUT2D eigenvalue weighted by Crippen LogP contribution is -2.34. The summed E-state index contributed by atoms with van der Waals surface area (Å²) in [6.45, 7) is 1.94. The lowest BCUT2D eigenvalue weighted by atomic mass is 10.0. The molecule has 0 saturated heterocycles. The molecule has 19 heavy (non-hydrogen) atoms. The summed E-state index contributed by atoms with van der Waals surface area (Å²) < 4.78 is 0. The van der Waals surface area contributed by atoms with Gasteiger partial charge in [0.25, 0.3) is 0 Å². The highest BCUT2D eigenvalue weighted by molar-refractivity contribution is 5.82. The van der Waals surface area contributed by atoms with Crippen molar-refractivity contribution < 1.29 is 4.79 Å². The molecule has 102 valence electrons. The Hall–Kier alpha value is -1.55. The molecule has 1 amide bonds. The zero-order chi connectivity index (χ0) is 13.4. The number of primary amides is 1. The number of fused-ring (bicyclic) bond motifs is 1. The molecule has 0 bridgehead atoms. The highest BCUT2D eigenvalue weighted by Gasteiger charge is 2.26. The maximum absolute atomic E-state index is 11.6. The molecule has 3 rings (SSSR count). The molecule has 4 nitrogen and oxygen atoms in total. The minimum Gasteiger partial charge on any atom is -0.374 e. The third-order valence-electron chi connectivity index (χ3n) is 4.16. The number of anilines is 1. The highest BCUT2D eigenvalue weighted by atomic mass is 16.1. The number of carbonyl (C=O) groups excluding carboxylic acids is 1. The summed E-state index contributed by atoms with van der Waals surface area (Å²) in [5, 5.41) is 3.31. The van der Waals surface area contributed by atoms with Crippen LogP contribution in [0.5, 0.6) is 0 Å². The van der Waals surface area contributed by atoms with Gasteiger partial charge in [-0.3, -0.25) is 4.79 Å². The Labute approximate surface area is 114 Å². The summed E-state index contributed by atoms with van der Waals surface area (Å²) in [5.74, 6) is 0.453. The summed E-state index contributed by atoms with van der Waals surface area (Å²) in [5.41, 5.74) is 9.13. The van der Waals surface area contributed by atoms with Gasteiger partial charge in [-0.25, -0.2) is 0 Å². The molecule has 1 aliphatic carbocycles. The first-order chi connectivity index (χ1) is 9.15. The second kappa shape index (κ2) is 4.85. The van der Waals surface area contributed by atoms with E-state index >= 15 is 0 Å². The number of likely N-dealkylation sites (N-methyl/N-ethyl adjacent to an activating group) is 1. The molecule has 0 aromatic heterocycles. The first-order valence-corrected chi connectivity index (χ1v) is 7.02. The van der Waals surface area contributed by atoms with E-state index in [4.69, 9.17) is 5.73 Å². The molecular weight excluding hydrogens is 238 g/mol. The number of nitrogens with zero attached hydrogens (tertiary/aromatic N) is 1. The molecule has 3 N–H and O–H groups in total. The number of rotatable bonds is 5. The zero-order valence-electron chi connectivity index (χ0n) is 11.4. The minimum atomic E-state index is -0.350. The lowest BCUT2D eigenvalue weighted by molar-refractivity contribution is -0.120. The van der Waals surface area contributed by atoms with Gasteiger partial charge in [0, 0.05) is 19.3 Å². The average Bonchev–Trinajstić information content (AvgIpc) is 3.13. The van der Waals surface area contributed by atoms with Crippen LogP contribution in [0.15, 0.2) is 18.2 Å². The second-order valence-corrected chi connectivity index (χ2v) is 5.75. The summed E-state index contributed by atoms with van der Waals surface area (Å²) in [6.07, 6.45) is 3.59. The third-order valence-corrected chi connectivity index (χ3v) is 4.16. The Morgan fingerprint density at radius 3 is 3.00 bits per heavy atom. The van der Waals surface area contributed by atoms with Gasteiger partial charge >= 0.3 is 0 Å². The number of carbonyl (C=O) groups is 1. The van der Waals surface area contributed by atoms with E-state index in [0.29, 0.717) is 0 Å². The van der Waals surface area contributed by atoms with Crippen molar-refractivity contribution in [3.05, 3.63) is 29.3 Å². The first-order valence-electron chi connectivity index (χ1n) is 7.02. The molecule has 2 aliphatic rings. The normalized spacial score (nSPS) is 19.3. The van der Waals surface area contributed by atoms with Gasteiger partial charge in [-0.1, -0.05) is 12.1 Å². The molecule has 1 fully saturated rings. The maximum Gasteiger partial charge on any atom is 0.239 e. The molecule has 1 atom stereocenters. The molecule has 1 saturated carbocycles. The van der Waals surface area contributed by atoms with E-state index in [2.05, 4.69) is 29.4 Å². The molecule has 1 unspecified atom stereocenters. The number of amides is 1. The molecule has 1 aromatic rings. The number of hydrogen-bond donors (Lipinski definition) is 2. The van der Waals surface area contributed by atoms with Crippen molar-refractivity contribution in [2.45, 2.75) is 25.3 Å². The molecule has 1 aliphatic heterocycles. The largest absolute Gasteiger partial charge is 0.374 e. The van der Waals surface area contributed by atoms with E-state index in [1.54, 1.807) is 0 Å². The summed E-state index contributed by atoms with van der Waals surface area (Å²) >= 11 is 0. The van der Waals surface area contributed by atoms with Gasteiger partial charge in [-0.15, -0.1) is 0 Å². The van der Waals surface area contributed by atoms with Crippen molar-refractivity contribution >= 4 is 11.6 Å². The van der Waals surface area contributed by atoms with Crippen LogP contribution in [0.4, 0.5) is 5.69 Å². The van der Waals surface area contributed by atoms with E-state index in [0.717, 1.165) is 31.0 Å². The fourth-order valence-corrected chi connectivity index (χ4v) is 2.76. The Kier molecular flexibility index (Phi) is 3.19. The standard InChI is InChI=1S/C15H21N3O/c1-18-7-6-11-8-12(4-5-13(11)18)14(15(16)19)17-9-10-2-3-10/h4-5,8,10,14,17H,2-3,6-7,9H2,1H3,(H2,16,19). The fraction of sp³-hybridized carbons (Fsp3) is 0.533. The van der Waals surface area contributed by atoms with E-state index in [1.165, 1.54) is 24.1 Å². The second-order valence-electron chi connectivity index (χ2n) is 5.75. The van der Waals surface area contributed by atoms with Gasteiger partial charge in [-0.2, -0.15) is 0 Å². The Morgan fingerprint density at radius 2 is 2.32 bits per heavy atom. The number of benzene rings is 1. The molecular formula is C15H21N3O. The van der Waals surface area contributed by atoms with Crippen LogP contribution in [-0.2, 0) is 11.2 Å². The topological polar surface area (TPSA) is 58.4 Å². The number of hydrogen-bond acceptors (Lipinski definition) is 3. The van der Waals surface area contributed by atoms with Crippen molar-refractivity contribution in [1.29, 1.82) is 0 Å². The van der Waals surface area contributed by atoms with Gasteiger partial charge < -0.3 is 16.0 Å². The van der Waals surface area contributed by atoms with Gasteiger partial charge in [0.15, 0.2) is 0 Å². The SMILES string of the molecule is CN1CCc2cc(C(NCC3CC3)C(N)=O)ccc21. The van der Waals surface area contributed by atoms with E-state index in [-0.39, 0.29) is 11.9 Å².